The van der Waals surface area contributed by atoms with Crippen LogP contribution in [-0.4, -0.2) is 33.9 Å². The second-order valence-corrected chi connectivity index (χ2v) is 7.19. The fraction of sp³-hybridized carbons (Fsp3) is 0.217. The largest absolute Gasteiger partial charge is 0.338 e. The summed E-state index contributed by atoms with van der Waals surface area (Å²) in [5.74, 6) is -0.0234. The lowest BCUT2D eigenvalue weighted by Crippen LogP contribution is -2.39. The summed E-state index contributed by atoms with van der Waals surface area (Å²) < 4.78 is 13.9. The summed E-state index contributed by atoms with van der Waals surface area (Å²) in [7, 11) is 0. The Morgan fingerprint density at radius 1 is 1.17 bits per heavy atom. The molecule has 1 aliphatic rings. The number of carbonyl (C=O) groups excluding carboxylic acids is 1. The van der Waals surface area contributed by atoms with Gasteiger partial charge in [0.2, 0.25) is 5.95 Å². The first kappa shape index (κ1) is 19.5. The Morgan fingerprint density at radius 2 is 1.97 bits per heavy atom. The first-order valence-corrected chi connectivity index (χ1v) is 9.78. The van der Waals surface area contributed by atoms with E-state index in [1.54, 1.807) is 48.7 Å². The molecule has 2 heterocycles. The minimum Gasteiger partial charge on any atom is -0.338 e. The lowest BCUT2D eigenvalue weighted by atomic mass is 9.94. The van der Waals surface area contributed by atoms with Crippen molar-refractivity contribution < 1.29 is 9.18 Å². The fourth-order valence-electron chi connectivity index (χ4n) is 3.62. The fourth-order valence-corrected chi connectivity index (χ4v) is 3.62. The minimum absolute atomic E-state index is 0.0528. The van der Waals surface area contributed by atoms with Crippen LogP contribution in [0.5, 0.6) is 0 Å². The number of amides is 1. The van der Waals surface area contributed by atoms with E-state index in [0.29, 0.717) is 35.9 Å². The Bertz CT molecular complexity index is 1090. The predicted octanol–water partition coefficient (Wildman–Crippen LogP) is 4.25. The number of benzene rings is 2. The molecular weight excluding hydrogens is 381 g/mol. The molecule has 1 amide bonds. The number of anilines is 2. The summed E-state index contributed by atoms with van der Waals surface area (Å²) >= 11 is 0. The third-order valence-electron chi connectivity index (χ3n) is 5.19. The molecule has 0 spiro atoms. The molecule has 6 nitrogen and oxygen atoms in total. The molecule has 0 radical (unpaired) electrons. The molecule has 30 heavy (non-hydrogen) atoms. The van der Waals surface area contributed by atoms with Crippen LogP contribution >= 0.6 is 0 Å². The number of rotatable bonds is 4. The van der Waals surface area contributed by atoms with E-state index in [2.05, 4.69) is 21.4 Å². The van der Waals surface area contributed by atoms with Gasteiger partial charge in [0.1, 0.15) is 5.82 Å². The average Bonchev–Trinajstić information content (AvgIpc) is 2.80. The summed E-state index contributed by atoms with van der Waals surface area (Å²) in [6.45, 7) is 1.23. The highest BCUT2D eigenvalue weighted by molar-refractivity contribution is 5.94. The number of para-hydroxylation sites is 1. The number of aromatic nitrogens is 2. The first-order valence-electron chi connectivity index (χ1n) is 9.78. The van der Waals surface area contributed by atoms with Gasteiger partial charge in [-0.1, -0.05) is 12.1 Å². The van der Waals surface area contributed by atoms with E-state index in [-0.39, 0.29) is 17.6 Å². The zero-order valence-corrected chi connectivity index (χ0v) is 16.3. The molecule has 0 bridgehead atoms. The Balaban J connectivity index is 1.48. The quantitative estimate of drug-likeness (QED) is 0.707. The van der Waals surface area contributed by atoms with Gasteiger partial charge in [-0.15, -0.1) is 0 Å². The molecular formula is C23H20FN5O. The van der Waals surface area contributed by atoms with Crippen LogP contribution in [0.4, 0.5) is 16.0 Å². The van der Waals surface area contributed by atoms with Gasteiger partial charge in [0.25, 0.3) is 5.91 Å². The lowest BCUT2D eigenvalue weighted by molar-refractivity contribution is 0.0706. The van der Waals surface area contributed by atoms with Crippen LogP contribution in [0.1, 0.15) is 40.4 Å². The molecule has 150 valence electrons. The maximum atomic E-state index is 13.9. The third kappa shape index (κ3) is 4.28. The number of nitriles is 1. The van der Waals surface area contributed by atoms with Gasteiger partial charge in [-0.3, -0.25) is 4.79 Å². The molecule has 7 heteroatoms. The molecule has 1 fully saturated rings. The van der Waals surface area contributed by atoms with Gasteiger partial charge >= 0.3 is 0 Å². The van der Waals surface area contributed by atoms with Crippen molar-refractivity contribution in [1.29, 1.82) is 5.26 Å². The smallest absolute Gasteiger partial charge is 0.253 e. The van der Waals surface area contributed by atoms with E-state index in [0.717, 1.165) is 18.5 Å². The molecule has 1 aromatic heterocycles. The van der Waals surface area contributed by atoms with Gasteiger partial charge in [-0.25, -0.2) is 14.4 Å². The second-order valence-electron chi connectivity index (χ2n) is 7.19. The van der Waals surface area contributed by atoms with Gasteiger partial charge in [-0.2, -0.15) is 5.26 Å². The third-order valence-corrected chi connectivity index (χ3v) is 5.19. The predicted molar refractivity (Wildman–Crippen MR) is 111 cm³/mol. The van der Waals surface area contributed by atoms with Crippen LogP contribution in [0, 0.1) is 17.1 Å². The van der Waals surface area contributed by atoms with Crippen LogP contribution < -0.4 is 5.32 Å². The Kier molecular flexibility index (Phi) is 5.66. The second kappa shape index (κ2) is 8.70. The van der Waals surface area contributed by atoms with Gasteiger partial charge in [0.15, 0.2) is 0 Å². The number of nitrogens with zero attached hydrogens (tertiary/aromatic N) is 4. The molecule has 4 rings (SSSR count). The molecule has 0 saturated carbocycles. The molecule has 1 aliphatic heterocycles. The normalized spacial score (nSPS) is 16.0. The number of likely N-dealkylation sites (tertiary alicyclic amines) is 1. The molecule has 1 atom stereocenters. The summed E-state index contributed by atoms with van der Waals surface area (Å²) in [5.41, 5.74) is 2.23. The van der Waals surface area contributed by atoms with E-state index in [9.17, 15) is 9.18 Å². The van der Waals surface area contributed by atoms with Crippen LogP contribution in [0.3, 0.4) is 0 Å². The van der Waals surface area contributed by atoms with E-state index < -0.39 is 0 Å². The number of carbonyl (C=O) groups is 1. The van der Waals surface area contributed by atoms with Crippen LogP contribution in [-0.2, 0) is 0 Å². The van der Waals surface area contributed by atoms with Crippen molar-refractivity contribution in [3.05, 3.63) is 83.4 Å². The van der Waals surface area contributed by atoms with Crippen molar-refractivity contribution in [3.8, 4) is 6.07 Å². The SMILES string of the molecule is N#Cc1ccc(C(=O)N2CCC[C@H](c3ccnc(Nc4ccccc4F)n3)C2)cc1. The maximum Gasteiger partial charge on any atom is 0.253 e. The van der Waals surface area contributed by atoms with Crippen molar-refractivity contribution in [2.24, 2.45) is 0 Å². The zero-order valence-electron chi connectivity index (χ0n) is 16.3. The van der Waals surface area contributed by atoms with Crippen molar-refractivity contribution in [1.82, 2.24) is 14.9 Å². The average molecular weight is 401 g/mol. The standard InChI is InChI=1S/C23H20FN5O/c24-19-5-1-2-6-21(19)28-23-26-12-11-20(27-23)18-4-3-13-29(15-18)22(30)17-9-7-16(14-25)8-10-17/h1-2,5-12,18H,3-4,13,15H2,(H,26,27,28)/t18-/m0/s1. The summed E-state index contributed by atoms with van der Waals surface area (Å²) in [6.07, 6.45) is 3.42. The highest BCUT2D eigenvalue weighted by atomic mass is 19.1. The van der Waals surface area contributed by atoms with Crippen LogP contribution in [0.2, 0.25) is 0 Å². The number of nitrogens with one attached hydrogen (secondary N) is 1. The molecule has 1 saturated heterocycles. The monoisotopic (exact) mass is 401 g/mol. The molecule has 0 unspecified atom stereocenters. The van der Waals surface area contributed by atoms with Crippen molar-refractivity contribution in [2.75, 3.05) is 18.4 Å². The summed E-state index contributed by atoms with van der Waals surface area (Å²) in [4.78, 5) is 23.5. The van der Waals surface area contributed by atoms with Gasteiger partial charge in [0, 0.05) is 30.8 Å². The highest BCUT2D eigenvalue weighted by Gasteiger charge is 2.26. The van der Waals surface area contributed by atoms with E-state index in [1.165, 1.54) is 6.07 Å². The Labute approximate surface area is 174 Å². The van der Waals surface area contributed by atoms with E-state index in [1.807, 2.05) is 11.0 Å². The minimum atomic E-state index is -0.372. The summed E-state index contributed by atoms with van der Waals surface area (Å²) in [6, 6.07) is 16.9. The number of hydrogen-bond donors (Lipinski definition) is 1. The highest BCUT2D eigenvalue weighted by Crippen LogP contribution is 2.27. The molecule has 3 aromatic rings. The lowest BCUT2D eigenvalue weighted by Gasteiger charge is -2.32. The van der Waals surface area contributed by atoms with Crippen LogP contribution in [0.15, 0.2) is 60.8 Å². The van der Waals surface area contributed by atoms with Gasteiger partial charge < -0.3 is 10.2 Å². The molecule has 0 aliphatic carbocycles. The number of halogens is 1. The Hall–Kier alpha value is -3.79. The van der Waals surface area contributed by atoms with Gasteiger partial charge in [-0.05, 0) is 55.3 Å². The van der Waals surface area contributed by atoms with Crippen molar-refractivity contribution >= 4 is 17.5 Å². The Morgan fingerprint density at radius 3 is 2.73 bits per heavy atom. The number of hydrogen-bond acceptors (Lipinski definition) is 5. The summed E-state index contributed by atoms with van der Waals surface area (Å²) in [5, 5.41) is 11.8. The first-order chi connectivity index (χ1) is 14.6. The van der Waals surface area contributed by atoms with Gasteiger partial charge in [0.05, 0.1) is 23.0 Å². The molecule has 1 N–H and O–H groups in total. The van der Waals surface area contributed by atoms with Crippen molar-refractivity contribution in [2.45, 2.75) is 18.8 Å². The number of piperidine rings is 1. The van der Waals surface area contributed by atoms with Crippen LogP contribution in [0.25, 0.3) is 0 Å². The van der Waals surface area contributed by atoms with E-state index in [4.69, 9.17) is 5.26 Å². The van der Waals surface area contributed by atoms with Crippen molar-refractivity contribution in [3.63, 3.8) is 0 Å². The zero-order chi connectivity index (χ0) is 20.9. The topological polar surface area (TPSA) is 81.9 Å². The molecule has 2 aromatic carbocycles. The van der Waals surface area contributed by atoms with E-state index >= 15 is 0 Å². The maximum absolute atomic E-state index is 13.9.